The molecule has 0 fully saturated rings. The van der Waals surface area contributed by atoms with Crippen LogP contribution in [0.2, 0.25) is 0 Å². The van der Waals surface area contributed by atoms with Gasteiger partial charge in [0.05, 0.1) is 41.2 Å². The number of methoxy groups -OCH3 is 2. The van der Waals surface area contributed by atoms with Crippen LogP contribution in [0.5, 0.6) is 11.5 Å². The number of aliphatic hydroxyl groups excluding tert-OH is 1. The zero-order chi connectivity index (χ0) is 25.1. The second-order valence-electron chi connectivity index (χ2n) is 7.73. The third-order valence-electron chi connectivity index (χ3n) is 5.81. The molecule has 0 saturated heterocycles. The highest BCUT2D eigenvalue weighted by Gasteiger charge is 2.45. The zero-order valence-electron chi connectivity index (χ0n) is 19.0. The Morgan fingerprint density at radius 3 is 2.51 bits per heavy atom. The molecule has 0 bridgehead atoms. The van der Waals surface area contributed by atoms with Crippen molar-refractivity contribution in [3.63, 3.8) is 0 Å². The van der Waals surface area contributed by atoms with E-state index >= 15 is 0 Å². The van der Waals surface area contributed by atoms with E-state index in [1.54, 1.807) is 35.7 Å². The summed E-state index contributed by atoms with van der Waals surface area (Å²) in [4.78, 5) is 39.3. The minimum atomic E-state index is -1.11. The number of hydrogen-bond donors (Lipinski definition) is 1. The van der Waals surface area contributed by atoms with Gasteiger partial charge < -0.3 is 19.5 Å². The van der Waals surface area contributed by atoms with Crippen LogP contribution in [-0.2, 0) is 11.2 Å². The van der Waals surface area contributed by atoms with Crippen LogP contribution in [0.15, 0.2) is 71.3 Å². The van der Waals surface area contributed by atoms with Crippen LogP contribution in [0.25, 0.3) is 0 Å². The third kappa shape index (κ3) is 4.47. The van der Waals surface area contributed by atoms with Crippen LogP contribution >= 0.6 is 11.3 Å². The topological polar surface area (TPSA) is 119 Å². The van der Waals surface area contributed by atoms with Crippen molar-refractivity contribution in [3.8, 4) is 11.5 Å². The number of nitro benzene ring substituents is 1. The van der Waals surface area contributed by atoms with Gasteiger partial charge in [0.15, 0.2) is 17.3 Å². The standard InChI is InChI=1S/C25H22N2O7S/c1-33-18-10-9-15(14-19(18)34-2)11-12-26-22(16-6-3-4-7-17(16)27(31)32)21(24(29)25(26)30)23(28)20-8-5-13-35-20/h3-10,13-14,22,29H,11-12H2,1-2H3/t22-/m0/s1. The summed E-state index contributed by atoms with van der Waals surface area (Å²) in [6.45, 7) is 0.0936. The molecule has 3 aromatic rings. The van der Waals surface area contributed by atoms with E-state index in [1.807, 2.05) is 6.07 Å². The lowest BCUT2D eigenvalue weighted by molar-refractivity contribution is -0.385. The Morgan fingerprint density at radius 1 is 1.11 bits per heavy atom. The van der Waals surface area contributed by atoms with Crippen LogP contribution in [0, 0.1) is 10.1 Å². The molecule has 0 aliphatic carbocycles. The zero-order valence-corrected chi connectivity index (χ0v) is 19.8. The highest BCUT2D eigenvalue weighted by Crippen LogP contribution is 2.42. The number of benzene rings is 2. The molecule has 1 atom stereocenters. The largest absolute Gasteiger partial charge is 0.503 e. The predicted octanol–water partition coefficient (Wildman–Crippen LogP) is 4.49. The van der Waals surface area contributed by atoms with Crippen LogP contribution in [0.4, 0.5) is 5.69 Å². The maximum absolute atomic E-state index is 13.3. The van der Waals surface area contributed by atoms with E-state index in [-0.39, 0.29) is 23.4 Å². The molecule has 1 aliphatic rings. The number of carbonyl (C=O) groups excluding carboxylic acids is 2. The molecule has 2 heterocycles. The van der Waals surface area contributed by atoms with Crippen molar-refractivity contribution in [1.29, 1.82) is 0 Å². The summed E-state index contributed by atoms with van der Waals surface area (Å²) in [5.74, 6) is -0.924. The van der Waals surface area contributed by atoms with E-state index in [4.69, 9.17) is 9.47 Å². The van der Waals surface area contributed by atoms with Crippen molar-refractivity contribution < 1.29 is 29.1 Å². The maximum atomic E-state index is 13.3. The van der Waals surface area contributed by atoms with E-state index in [0.717, 1.165) is 16.9 Å². The Hall–Kier alpha value is -4.18. The fourth-order valence-electron chi connectivity index (χ4n) is 4.15. The first kappa shape index (κ1) is 24.0. The summed E-state index contributed by atoms with van der Waals surface area (Å²) in [5.41, 5.74) is 0.558. The van der Waals surface area contributed by atoms with Gasteiger partial charge in [0.2, 0.25) is 5.78 Å². The normalized spacial score (nSPS) is 15.4. The average molecular weight is 495 g/mol. The smallest absolute Gasteiger partial charge is 0.290 e. The van der Waals surface area contributed by atoms with Crippen LogP contribution in [0.1, 0.15) is 26.8 Å². The predicted molar refractivity (Wildman–Crippen MR) is 129 cm³/mol. The van der Waals surface area contributed by atoms with E-state index in [9.17, 15) is 24.8 Å². The summed E-state index contributed by atoms with van der Waals surface area (Å²) in [6.07, 6.45) is 0.344. The molecular formula is C25H22N2O7S. The van der Waals surface area contributed by atoms with Gasteiger partial charge in [0.25, 0.3) is 11.6 Å². The number of amides is 1. The van der Waals surface area contributed by atoms with Gasteiger partial charge in [-0.15, -0.1) is 11.3 Å². The van der Waals surface area contributed by atoms with Gasteiger partial charge in [-0.2, -0.15) is 0 Å². The molecule has 0 saturated carbocycles. The van der Waals surface area contributed by atoms with E-state index in [1.165, 1.54) is 37.3 Å². The molecule has 1 N–H and O–H groups in total. The first-order valence-electron chi connectivity index (χ1n) is 10.6. The number of aliphatic hydroxyl groups is 1. The summed E-state index contributed by atoms with van der Waals surface area (Å²) < 4.78 is 10.6. The van der Waals surface area contributed by atoms with Gasteiger partial charge in [0.1, 0.15) is 0 Å². The second-order valence-corrected chi connectivity index (χ2v) is 8.67. The van der Waals surface area contributed by atoms with Crippen LogP contribution < -0.4 is 9.47 Å². The second kappa shape index (κ2) is 9.98. The number of hydrogen-bond acceptors (Lipinski definition) is 8. The number of Topliss-reactive ketones (excluding diaryl/α,β-unsaturated/α-hetero) is 1. The van der Waals surface area contributed by atoms with Gasteiger partial charge in [-0.05, 0) is 41.6 Å². The average Bonchev–Trinajstić information content (AvgIpc) is 3.49. The Kier molecular flexibility index (Phi) is 6.83. The number of carbonyl (C=O) groups is 2. The lowest BCUT2D eigenvalue weighted by atomic mass is 9.94. The molecule has 10 heteroatoms. The van der Waals surface area contributed by atoms with E-state index in [0.29, 0.717) is 22.8 Å². The molecule has 0 unspecified atom stereocenters. The molecule has 9 nitrogen and oxygen atoms in total. The summed E-state index contributed by atoms with van der Waals surface area (Å²) in [7, 11) is 3.04. The first-order chi connectivity index (χ1) is 16.9. The molecule has 1 aliphatic heterocycles. The van der Waals surface area contributed by atoms with Gasteiger partial charge in [0, 0.05) is 12.6 Å². The summed E-state index contributed by atoms with van der Waals surface area (Å²) in [5, 5.41) is 24.3. The quantitative estimate of drug-likeness (QED) is 0.264. The minimum absolute atomic E-state index is 0.0936. The molecule has 1 amide bonds. The number of thiophene rings is 1. The third-order valence-corrected chi connectivity index (χ3v) is 6.68. The van der Waals surface area contributed by atoms with Crippen LogP contribution in [0.3, 0.4) is 0 Å². The lowest BCUT2D eigenvalue weighted by Crippen LogP contribution is -2.33. The molecule has 2 aromatic carbocycles. The Balaban J connectivity index is 1.74. The molecular weight excluding hydrogens is 472 g/mol. The Morgan fingerprint density at radius 2 is 1.86 bits per heavy atom. The number of ketones is 1. The molecule has 0 spiro atoms. The van der Waals surface area contributed by atoms with Crippen molar-refractivity contribution in [2.45, 2.75) is 12.5 Å². The SMILES string of the molecule is COc1ccc(CCN2C(=O)C(O)=C(C(=O)c3cccs3)[C@@H]2c2ccccc2[N+](=O)[O-])cc1OC. The van der Waals surface area contributed by atoms with E-state index < -0.39 is 28.4 Å². The molecule has 180 valence electrons. The fraction of sp³-hybridized carbons (Fsp3) is 0.200. The Labute approximate surface area is 205 Å². The first-order valence-corrected chi connectivity index (χ1v) is 11.5. The highest BCUT2D eigenvalue weighted by molar-refractivity contribution is 7.12. The van der Waals surface area contributed by atoms with Crippen molar-refractivity contribution in [2.75, 3.05) is 20.8 Å². The van der Waals surface area contributed by atoms with Gasteiger partial charge in [-0.1, -0.05) is 24.3 Å². The summed E-state index contributed by atoms with van der Waals surface area (Å²) in [6, 6.07) is 13.4. The minimum Gasteiger partial charge on any atom is -0.503 e. The number of ether oxygens (including phenoxy) is 2. The van der Waals surface area contributed by atoms with Crippen molar-refractivity contribution in [1.82, 2.24) is 4.90 Å². The molecule has 4 rings (SSSR count). The molecule has 0 radical (unpaired) electrons. The highest BCUT2D eigenvalue weighted by atomic mass is 32.1. The van der Waals surface area contributed by atoms with Crippen molar-refractivity contribution in [3.05, 3.63) is 97.4 Å². The number of para-hydroxylation sites is 1. The van der Waals surface area contributed by atoms with Gasteiger partial charge >= 0.3 is 0 Å². The van der Waals surface area contributed by atoms with Crippen molar-refractivity contribution >= 4 is 28.7 Å². The van der Waals surface area contributed by atoms with Gasteiger partial charge in [-0.25, -0.2) is 0 Å². The lowest BCUT2D eigenvalue weighted by Gasteiger charge is -2.26. The van der Waals surface area contributed by atoms with Gasteiger partial charge in [-0.3, -0.25) is 19.7 Å². The summed E-state index contributed by atoms with van der Waals surface area (Å²) >= 11 is 1.16. The number of rotatable bonds is 9. The maximum Gasteiger partial charge on any atom is 0.290 e. The number of nitro groups is 1. The molecule has 35 heavy (non-hydrogen) atoms. The Bertz CT molecular complexity index is 1320. The van der Waals surface area contributed by atoms with Crippen molar-refractivity contribution in [2.24, 2.45) is 0 Å². The van der Waals surface area contributed by atoms with E-state index in [2.05, 4.69) is 0 Å². The number of nitrogens with zero attached hydrogens (tertiary/aromatic N) is 2. The monoisotopic (exact) mass is 494 g/mol. The fourth-order valence-corrected chi connectivity index (χ4v) is 4.83. The molecule has 1 aromatic heterocycles. The van der Waals surface area contributed by atoms with Crippen LogP contribution in [-0.4, -0.2) is 47.4 Å².